The lowest BCUT2D eigenvalue weighted by atomic mass is 10.0. The molecule has 1 aliphatic rings. The van der Waals surface area contributed by atoms with Crippen molar-refractivity contribution in [2.45, 2.75) is 39.2 Å². The van der Waals surface area contributed by atoms with E-state index in [0.717, 1.165) is 39.0 Å². The Labute approximate surface area is 98.1 Å². The van der Waals surface area contributed by atoms with Crippen molar-refractivity contribution >= 4 is 5.91 Å². The van der Waals surface area contributed by atoms with Gasteiger partial charge in [-0.3, -0.25) is 4.79 Å². The van der Waals surface area contributed by atoms with Crippen LogP contribution in [0.2, 0.25) is 0 Å². The van der Waals surface area contributed by atoms with Crippen LogP contribution in [0.3, 0.4) is 0 Å². The standard InChI is InChI=1S/C12H24N2O2/c1-3-16-11-5-4-8-14(9-11)12(15)10(2)6-7-13/h10-11H,3-9,13H2,1-2H3. The minimum atomic E-state index is 0.0466. The van der Waals surface area contributed by atoms with Gasteiger partial charge in [0.15, 0.2) is 0 Å². The van der Waals surface area contributed by atoms with Crippen molar-refractivity contribution in [2.75, 3.05) is 26.2 Å². The summed E-state index contributed by atoms with van der Waals surface area (Å²) in [4.78, 5) is 14.0. The smallest absolute Gasteiger partial charge is 0.225 e. The number of hydrogen-bond acceptors (Lipinski definition) is 3. The van der Waals surface area contributed by atoms with E-state index >= 15 is 0 Å². The van der Waals surface area contributed by atoms with Crippen molar-refractivity contribution in [3.8, 4) is 0 Å². The maximum Gasteiger partial charge on any atom is 0.225 e. The van der Waals surface area contributed by atoms with Crippen molar-refractivity contribution in [3.05, 3.63) is 0 Å². The fourth-order valence-electron chi connectivity index (χ4n) is 2.20. The topological polar surface area (TPSA) is 55.6 Å². The van der Waals surface area contributed by atoms with Crippen LogP contribution in [-0.4, -0.2) is 43.2 Å². The van der Waals surface area contributed by atoms with Crippen LogP contribution in [0, 0.1) is 5.92 Å². The summed E-state index contributed by atoms with van der Waals surface area (Å²) in [5, 5.41) is 0. The molecular formula is C12H24N2O2. The molecule has 4 nitrogen and oxygen atoms in total. The molecular weight excluding hydrogens is 204 g/mol. The second-order valence-electron chi connectivity index (χ2n) is 4.48. The van der Waals surface area contributed by atoms with Crippen molar-refractivity contribution in [3.63, 3.8) is 0 Å². The first-order valence-corrected chi connectivity index (χ1v) is 6.29. The maximum atomic E-state index is 12.1. The minimum absolute atomic E-state index is 0.0466. The monoisotopic (exact) mass is 228 g/mol. The lowest BCUT2D eigenvalue weighted by molar-refractivity contribution is -0.139. The molecule has 0 aromatic rings. The zero-order valence-corrected chi connectivity index (χ0v) is 10.4. The van der Waals surface area contributed by atoms with Gasteiger partial charge in [0.05, 0.1) is 6.10 Å². The van der Waals surface area contributed by atoms with Gasteiger partial charge in [-0.05, 0) is 32.7 Å². The van der Waals surface area contributed by atoms with Crippen LogP contribution in [0.25, 0.3) is 0 Å². The molecule has 1 fully saturated rings. The molecule has 1 amide bonds. The Balaban J connectivity index is 2.43. The summed E-state index contributed by atoms with van der Waals surface area (Å²) in [6.07, 6.45) is 3.12. The zero-order valence-electron chi connectivity index (χ0n) is 10.4. The number of carbonyl (C=O) groups is 1. The molecule has 0 spiro atoms. The molecule has 1 saturated heterocycles. The zero-order chi connectivity index (χ0) is 12.0. The maximum absolute atomic E-state index is 12.1. The Morgan fingerprint density at radius 3 is 3.00 bits per heavy atom. The number of nitrogens with two attached hydrogens (primary N) is 1. The first-order chi connectivity index (χ1) is 7.69. The van der Waals surface area contributed by atoms with Crippen molar-refractivity contribution in [1.82, 2.24) is 4.90 Å². The van der Waals surface area contributed by atoms with Crippen LogP contribution in [0.4, 0.5) is 0 Å². The third-order valence-electron chi connectivity index (χ3n) is 3.11. The van der Waals surface area contributed by atoms with E-state index in [-0.39, 0.29) is 17.9 Å². The molecule has 0 aliphatic carbocycles. The minimum Gasteiger partial charge on any atom is -0.377 e. The second-order valence-corrected chi connectivity index (χ2v) is 4.48. The predicted molar refractivity (Wildman–Crippen MR) is 64.1 cm³/mol. The van der Waals surface area contributed by atoms with Crippen LogP contribution in [0.1, 0.15) is 33.1 Å². The molecule has 1 heterocycles. The SMILES string of the molecule is CCOC1CCCN(C(=O)C(C)CCN)C1. The molecule has 2 unspecified atom stereocenters. The Morgan fingerprint density at radius 2 is 2.38 bits per heavy atom. The Kier molecular flexibility index (Phi) is 5.77. The first-order valence-electron chi connectivity index (χ1n) is 6.29. The Morgan fingerprint density at radius 1 is 1.62 bits per heavy atom. The highest BCUT2D eigenvalue weighted by Crippen LogP contribution is 2.16. The summed E-state index contributed by atoms with van der Waals surface area (Å²) in [6.45, 7) is 6.89. The molecule has 1 aliphatic heterocycles. The number of rotatable bonds is 5. The Bertz CT molecular complexity index is 219. The number of carbonyl (C=O) groups excluding carboxylic acids is 1. The van der Waals surface area contributed by atoms with Crippen LogP contribution in [-0.2, 0) is 9.53 Å². The normalized spacial score (nSPS) is 23.2. The molecule has 4 heteroatoms. The van der Waals surface area contributed by atoms with Gasteiger partial charge in [0.1, 0.15) is 0 Å². The number of ether oxygens (including phenoxy) is 1. The number of piperidine rings is 1. The molecule has 16 heavy (non-hydrogen) atoms. The van der Waals surface area contributed by atoms with Crippen molar-refractivity contribution < 1.29 is 9.53 Å². The van der Waals surface area contributed by atoms with E-state index in [2.05, 4.69) is 0 Å². The third kappa shape index (κ3) is 3.76. The van der Waals surface area contributed by atoms with E-state index < -0.39 is 0 Å². The summed E-state index contributed by atoms with van der Waals surface area (Å²) >= 11 is 0. The lowest BCUT2D eigenvalue weighted by Gasteiger charge is -2.34. The highest BCUT2D eigenvalue weighted by Gasteiger charge is 2.26. The number of hydrogen-bond donors (Lipinski definition) is 1. The van der Waals surface area contributed by atoms with Crippen LogP contribution in [0.5, 0.6) is 0 Å². The average Bonchev–Trinajstić information content (AvgIpc) is 2.29. The van der Waals surface area contributed by atoms with Gasteiger partial charge in [-0.2, -0.15) is 0 Å². The molecule has 94 valence electrons. The van der Waals surface area contributed by atoms with Gasteiger partial charge in [0, 0.05) is 25.6 Å². The third-order valence-corrected chi connectivity index (χ3v) is 3.11. The van der Waals surface area contributed by atoms with Gasteiger partial charge in [-0.1, -0.05) is 6.92 Å². The molecule has 2 N–H and O–H groups in total. The molecule has 2 atom stereocenters. The fraction of sp³-hybridized carbons (Fsp3) is 0.917. The summed E-state index contributed by atoms with van der Waals surface area (Å²) in [5.74, 6) is 0.278. The molecule has 1 rings (SSSR count). The first kappa shape index (κ1) is 13.5. The Hall–Kier alpha value is -0.610. The number of amides is 1. The average molecular weight is 228 g/mol. The van der Waals surface area contributed by atoms with Crippen molar-refractivity contribution in [1.29, 1.82) is 0 Å². The molecule has 0 radical (unpaired) electrons. The van der Waals surface area contributed by atoms with Crippen LogP contribution in [0.15, 0.2) is 0 Å². The van der Waals surface area contributed by atoms with Gasteiger partial charge in [-0.25, -0.2) is 0 Å². The largest absolute Gasteiger partial charge is 0.377 e. The van der Waals surface area contributed by atoms with Crippen LogP contribution >= 0.6 is 0 Å². The molecule has 0 saturated carbocycles. The summed E-state index contributed by atoms with van der Waals surface area (Å²) in [6, 6.07) is 0. The van der Waals surface area contributed by atoms with Gasteiger partial charge < -0.3 is 15.4 Å². The van der Waals surface area contributed by atoms with Gasteiger partial charge >= 0.3 is 0 Å². The number of likely N-dealkylation sites (tertiary alicyclic amines) is 1. The van der Waals surface area contributed by atoms with Gasteiger partial charge in [0.25, 0.3) is 0 Å². The van der Waals surface area contributed by atoms with E-state index in [4.69, 9.17) is 10.5 Å². The second kappa shape index (κ2) is 6.86. The predicted octanol–water partition coefficient (Wildman–Crippen LogP) is 0.999. The molecule has 0 aromatic heterocycles. The molecule has 0 aromatic carbocycles. The van der Waals surface area contributed by atoms with E-state index in [9.17, 15) is 4.79 Å². The quantitative estimate of drug-likeness (QED) is 0.763. The highest BCUT2D eigenvalue weighted by molar-refractivity contribution is 5.78. The highest BCUT2D eigenvalue weighted by atomic mass is 16.5. The van der Waals surface area contributed by atoms with E-state index in [0.29, 0.717) is 6.54 Å². The lowest BCUT2D eigenvalue weighted by Crippen LogP contribution is -2.45. The van der Waals surface area contributed by atoms with E-state index in [1.54, 1.807) is 0 Å². The fourth-order valence-corrected chi connectivity index (χ4v) is 2.20. The molecule has 0 bridgehead atoms. The van der Waals surface area contributed by atoms with Crippen LogP contribution < -0.4 is 5.73 Å². The van der Waals surface area contributed by atoms with Crippen molar-refractivity contribution in [2.24, 2.45) is 11.7 Å². The summed E-state index contributed by atoms with van der Waals surface area (Å²) < 4.78 is 5.58. The van der Waals surface area contributed by atoms with Gasteiger partial charge in [-0.15, -0.1) is 0 Å². The van der Waals surface area contributed by atoms with Gasteiger partial charge in [0.2, 0.25) is 5.91 Å². The van der Waals surface area contributed by atoms with E-state index in [1.807, 2.05) is 18.7 Å². The summed E-state index contributed by atoms with van der Waals surface area (Å²) in [7, 11) is 0. The van der Waals surface area contributed by atoms with E-state index in [1.165, 1.54) is 0 Å². The number of nitrogens with zero attached hydrogens (tertiary/aromatic N) is 1. The summed E-state index contributed by atoms with van der Waals surface area (Å²) in [5.41, 5.74) is 5.48.